The van der Waals surface area contributed by atoms with E-state index in [0.717, 1.165) is 61.9 Å². The van der Waals surface area contributed by atoms with Crippen LogP contribution in [-0.2, 0) is 0 Å². The van der Waals surface area contributed by atoms with Crippen LogP contribution in [0.5, 0.6) is 0 Å². The molecular weight excluding hydrogens is 893 g/mol. The first-order valence-electron chi connectivity index (χ1n) is 64.3. The van der Waals surface area contributed by atoms with Crippen LogP contribution in [-0.4, -0.2) is 0 Å². The zero-order valence-electron chi connectivity index (χ0n) is 119. The van der Waals surface area contributed by atoms with Gasteiger partial charge in [-0.05, 0) is 151 Å². The highest BCUT2D eigenvalue weighted by atomic mass is 15.1. The molecule has 0 saturated carbocycles. The van der Waals surface area contributed by atoms with Gasteiger partial charge in [0.15, 0.2) is 0 Å². The standard InChI is InChI=1S/C72H52N2.40H2/c1-7-19-53(20-8-1)57-31-41-64(42-32-57)73(65-43-33-58(34-44-65)54-21-9-2-10-22-54)66-49-39-63(40-50-66)72-70(61-27-15-5-16-28-61)51-69(52-71(72)62-29-17-6-18-30-62)74(67-45-35-59(36-46-67)55-23-11-3-12-24-55)68-47-37-60(38-48-68)56-25-13-4-14-26-56;;;;;;;;;;;;;;;;;;;;;;;;;;;;;;;;;;;;;;;;/h1-52H;40*1H/i;39*1+1D;1+1. The van der Waals surface area contributed by atoms with Crippen LogP contribution in [0.2, 0.25) is 0 Å². The van der Waals surface area contributed by atoms with Crippen LogP contribution in [0.25, 0.3) is 77.9 Å². The van der Waals surface area contributed by atoms with Gasteiger partial charge in [0.2, 0.25) is 0 Å². The molecule has 2 nitrogen and oxygen atoms in total. The summed E-state index contributed by atoms with van der Waals surface area (Å²) < 4.78 is 390. The third-order valence-corrected chi connectivity index (χ3v) is 13.9. The van der Waals surface area contributed by atoms with E-state index in [2.05, 4.69) is 325 Å². The predicted octanol–water partition coefficient (Wildman–Crippen LogP) is 30.1. The smallest absolute Gasteiger partial charge is 0.0474 e. The Bertz CT molecular complexity index is 3660. The van der Waals surface area contributed by atoms with Gasteiger partial charge in [0.05, 0.1) is 0 Å². The summed E-state index contributed by atoms with van der Waals surface area (Å²) in [5, 5.41) is 0. The molecule has 12 rings (SSSR count). The normalized spacial score (nSPS) is 15.2. The minimum absolute atomic E-state index is 0. The summed E-state index contributed by atoms with van der Waals surface area (Å²) in [6, 6.07) is 114. The molecule has 0 unspecified atom stereocenters. The molecule has 12 aromatic rings. The molecule has 0 fully saturated rings. The van der Waals surface area contributed by atoms with Crippen molar-refractivity contribution >= 4 is 34.1 Å². The molecule has 0 aliphatic rings. The molecule has 0 aliphatic heterocycles. The highest BCUT2D eigenvalue weighted by Crippen LogP contribution is 2.48. The Morgan fingerprint density at radius 1 is 0.176 bits per heavy atom. The van der Waals surface area contributed by atoms with E-state index < -0.39 is 0 Å². The maximum absolute atomic E-state index is 5.00. The second-order valence-corrected chi connectivity index (χ2v) is 18.5. The quantitative estimate of drug-likeness (QED) is 0.114. The second kappa shape index (κ2) is 20.9. The van der Waals surface area contributed by atoms with Crippen molar-refractivity contribution < 1.29 is 117 Å². The van der Waals surface area contributed by atoms with E-state index in [1.54, 1.807) is 0 Å². The maximum Gasteiger partial charge on any atom is 0.0474 e. The van der Waals surface area contributed by atoms with Gasteiger partial charge < -0.3 is 9.80 Å². The fraction of sp³-hybridized carbons (Fsp3) is 0. The molecule has 0 amide bonds. The fourth-order valence-corrected chi connectivity index (χ4v) is 10.2. The van der Waals surface area contributed by atoms with E-state index in [0.29, 0.717) is 0 Å². The summed E-state index contributed by atoms with van der Waals surface area (Å²) >= 11 is 0. The summed E-state index contributed by atoms with van der Waals surface area (Å²) in [5.74, 6) is 0. The van der Waals surface area contributed by atoms with Gasteiger partial charge in [-0.3, -0.25) is 0 Å². The Morgan fingerprint density at radius 3 is 0.608 bits per heavy atom. The minimum Gasteiger partial charge on any atom is -0.311 e. The first-order valence-corrected chi connectivity index (χ1v) is 25.3. The Hall–Kier alpha value is -9.76. The predicted molar refractivity (Wildman–Crippen MR) is 398 cm³/mol. The van der Waals surface area contributed by atoms with Gasteiger partial charge in [-0.1, -0.05) is 243 Å². The molecule has 0 spiro atoms. The third-order valence-electron chi connectivity index (χ3n) is 13.9. The number of nitrogens with zero attached hydrogens (tertiary/aromatic N) is 2. The largest absolute Gasteiger partial charge is 0.311 e. The summed E-state index contributed by atoms with van der Waals surface area (Å²) in [4.78, 5) is 4.76. The van der Waals surface area contributed by atoms with E-state index in [1.807, 2.05) is 0 Å². The molecule has 0 bridgehead atoms. The molecule has 2 heteroatoms. The van der Waals surface area contributed by atoms with Crippen LogP contribution in [0.4, 0.5) is 34.1 Å². The summed E-state index contributed by atoms with van der Waals surface area (Å²) in [6.07, 6.45) is 0. The van der Waals surface area contributed by atoms with Crippen molar-refractivity contribution in [2.45, 2.75) is 0 Å². The van der Waals surface area contributed by atoms with E-state index in [-0.39, 0.29) is 1.43 Å². The molecule has 0 saturated heterocycles. The molecule has 12 aromatic carbocycles. The highest BCUT2D eigenvalue weighted by Gasteiger charge is 2.22. The number of rotatable bonds is 13. The van der Waals surface area contributed by atoms with Crippen LogP contribution in [0.15, 0.2) is 315 Å². The monoisotopic (exact) mass is 1100 g/mol. The first kappa shape index (κ1) is 19.7. The van der Waals surface area contributed by atoms with E-state index in [1.165, 1.54) is 50.1 Å². The van der Waals surface area contributed by atoms with Crippen molar-refractivity contribution in [2.75, 3.05) is 9.80 Å². The van der Waals surface area contributed by atoms with Crippen molar-refractivity contribution in [2.24, 2.45) is 0 Å². The van der Waals surface area contributed by atoms with Gasteiger partial charge >= 0.3 is 0 Å². The number of hydrogen-bond donors (Lipinski definition) is 0. The molecule has 0 atom stereocenters. The summed E-state index contributed by atoms with van der Waals surface area (Å²) in [6.45, 7) is 0. The highest BCUT2D eigenvalue weighted by molar-refractivity contribution is 5.99. The zero-order chi connectivity index (χ0) is 127. The van der Waals surface area contributed by atoms with E-state index in [4.69, 9.17) is 116 Å². The molecule has 0 aliphatic carbocycles. The number of benzene rings is 12. The Morgan fingerprint density at radius 2 is 0.365 bits per heavy atom. The van der Waals surface area contributed by atoms with Crippen molar-refractivity contribution in [3.8, 4) is 77.9 Å². The van der Waals surface area contributed by atoms with Gasteiger partial charge in [-0.15, -0.1) is 0 Å². The van der Waals surface area contributed by atoms with E-state index in [9.17, 15) is 0 Å². The van der Waals surface area contributed by atoms with Crippen LogP contribution in [0.1, 0.15) is 117 Å². The lowest BCUT2D eigenvalue weighted by atomic mass is 9.86. The zero-order valence-corrected chi connectivity index (χ0v) is 40.9. The van der Waals surface area contributed by atoms with Crippen molar-refractivity contribution in [1.82, 2.24) is 0 Å². The summed E-state index contributed by atoms with van der Waals surface area (Å²) in [5.41, 5.74) is 22.8. The van der Waals surface area contributed by atoms with Gasteiger partial charge in [0.1, 0.15) is 0 Å². The van der Waals surface area contributed by atoms with Gasteiger partial charge in [0, 0.05) is 151 Å². The topological polar surface area (TPSA) is 6.48 Å². The second-order valence-electron chi connectivity index (χ2n) is 18.5. The number of anilines is 6. The SMILES string of the molecule is [2HH].[2H][2H].[2H][2H].[2H][2H].[2H][2H].[2H][2H].[2H][2H].[2H][2H].[2H][2H].[2H][2H].[2H][2H].[2H][2H].[2H][2H].[2H][2H].[2H][2H].[2H][2H].[2H][2H].[2H][2H].[2H][2H].[2H][2H].[2H][2H].[2H][2H].[2H][2H].[2H][2H].[2H][2H].[2H][2H].[2H][2H].[2H][2H].[2H][2H].[2H][2H].[2H][2H].[2H][2H].[2H][2H].[2H][2H].[2H][2H].[2H][2H].[2H][2H].[2H][2H].[2H][2H].[2H][2H].c1ccc(-c2ccc(N(c3ccc(-c4ccccc4)cc3)c3ccc(-c4c(-c5ccccc5)cc(N(c5ccc(-c6ccccc6)cc5)c5ccc(-c6ccccc6)cc5)cc4-c4ccccc4)cc3)cc2)cc1. The van der Waals surface area contributed by atoms with E-state index >= 15 is 0 Å². The average Bonchev–Trinajstić information content (AvgIpc) is 0.751. The van der Waals surface area contributed by atoms with Gasteiger partial charge in [-0.25, -0.2) is 0 Å². The average molecular weight is 1110 g/mol. The van der Waals surface area contributed by atoms with Crippen molar-refractivity contribution in [1.29, 1.82) is 0 Å². The molecule has 0 N–H and O–H groups in total. The lowest BCUT2D eigenvalue weighted by molar-refractivity contribution is 1.28. The maximum atomic E-state index is 5.00. The Kier molecular flexibility index (Phi) is 5.56. The van der Waals surface area contributed by atoms with Crippen molar-refractivity contribution in [3.63, 3.8) is 0 Å². The minimum atomic E-state index is 0. The molecular formula is C72H132N2. The van der Waals surface area contributed by atoms with Gasteiger partial charge in [0.25, 0.3) is 0 Å². The van der Waals surface area contributed by atoms with Crippen LogP contribution < -0.4 is 9.80 Å². The Labute approximate surface area is 556 Å². The lowest BCUT2D eigenvalue weighted by Crippen LogP contribution is -2.11. The summed E-state index contributed by atoms with van der Waals surface area (Å²) in [7, 11) is 0. The number of hydrogen-bond acceptors (Lipinski definition) is 2. The van der Waals surface area contributed by atoms with Crippen LogP contribution in [0.3, 0.4) is 0 Å². The molecule has 0 radical (unpaired) electrons. The molecule has 0 heterocycles. The molecule has 430 valence electrons. The van der Waals surface area contributed by atoms with Crippen molar-refractivity contribution in [3.05, 3.63) is 315 Å². The van der Waals surface area contributed by atoms with Crippen LogP contribution >= 0.6 is 0 Å². The molecule has 0 aromatic heterocycles. The first-order chi connectivity index (χ1) is 75.7. The lowest BCUT2D eigenvalue weighted by Gasteiger charge is -2.29. The Balaban J connectivity index is -0.0000000613. The van der Waals surface area contributed by atoms with Gasteiger partial charge in [-0.2, -0.15) is 0 Å². The molecule has 74 heavy (non-hydrogen) atoms. The van der Waals surface area contributed by atoms with Crippen LogP contribution in [0, 0.1) is 0 Å². The fourth-order valence-electron chi connectivity index (χ4n) is 10.2. The third kappa shape index (κ3) is 9.56.